The van der Waals surface area contributed by atoms with E-state index in [1.165, 1.54) is 0 Å². The molecule has 0 heterocycles. The van der Waals surface area contributed by atoms with E-state index in [0.717, 1.165) is 5.56 Å². The zero-order chi connectivity index (χ0) is 17.3. The minimum absolute atomic E-state index is 0.0148. The lowest BCUT2D eigenvalue weighted by Crippen LogP contribution is -2.40. The molecular weight excluding hydrogens is 372 g/mol. The first kappa shape index (κ1) is 19.9. The van der Waals surface area contributed by atoms with E-state index in [1.807, 2.05) is 0 Å². The first-order valence-electron chi connectivity index (χ1n) is 6.28. The van der Waals surface area contributed by atoms with Crippen molar-refractivity contribution >= 4 is 43.7 Å². The minimum Gasteiger partial charge on any atom is -0.480 e. The van der Waals surface area contributed by atoms with Gasteiger partial charge in [-0.15, -0.1) is 0 Å². The van der Waals surface area contributed by atoms with Crippen molar-refractivity contribution in [1.29, 1.82) is 0 Å². The van der Waals surface area contributed by atoms with Gasteiger partial charge in [0.2, 0.25) is 6.41 Å². The quantitative estimate of drug-likeness (QED) is 0.354. The highest BCUT2D eigenvalue weighted by Crippen LogP contribution is 2.51. The summed E-state index contributed by atoms with van der Waals surface area (Å²) in [4.78, 5) is 27.6. The molecule has 1 aromatic rings. The van der Waals surface area contributed by atoms with E-state index in [4.69, 9.17) is 28.6 Å². The molecule has 0 aromatic heterocycles. The number of hydroxylamine groups is 2. The Morgan fingerprint density at radius 1 is 1.30 bits per heavy atom. The SMILES string of the molecule is O=CN(OCc1ccccc1)C(CCP(=O)(OCl)OCl)C(=O)O. The lowest BCUT2D eigenvalue weighted by atomic mass is 10.2. The minimum atomic E-state index is -3.83. The van der Waals surface area contributed by atoms with Crippen LogP contribution in [0.15, 0.2) is 30.3 Å². The molecule has 0 bridgehead atoms. The van der Waals surface area contributed by atoms with Crippen LogP contribution in [0.5, 0.6) is 0 Å². The Morgan fingerprint density at radius 3 is 2.39 bits per heavy atom. The van der Waals surface area contributed by atoms with Gasteiger partial charge >= 0.3 is 13.6 Å². The van der Waals surface area contributed by atoms with Crippen molar-refractivity contribution in [1.82, 2.24) is 5.06 Å². The Kier molecular flexibility index (Phi) is 8.54. The summed E-state index contributed by atoms with van der Waals surface area (Å²) in [5.74, 6) is -1.36. The summed E-state index contributed by atoms with van der Waals surface area (Å²) >= 11 is 9.98. The highest BCUT2D eigenvalue weighted by Gasteiger charge is 2.32. The van der Waals surface area contributed by atoms with Crippen LogP contribution in [0.4, 0.5) is 0 Å². The summed E-state index contributed by atoms with van der Waals surface area (Å²) in [6, 6.07) is 7.42. The van der Waals surface area contributed by atoms with E-state index in [-0.39, 0.29) is 19.4 Å². The van der Waals surface area contributed by atoms with Crippen LogP contribution in [0.25, 0.3) is 0 Å². The maximum atomic E-state index is 11.7. The molecule has 1 amide bonds. The largest absolute Gasteiger partial charge is 0.480 e. The van der Waals surface area contributed by atoms with E-state index >= 15 is 0 Å². The number of carboxylic acid groups (broad SMARTS) is 1. The fourth-order valence-corrected chi connectivity index (χ4v) is 3.03. The number of carbonyl (C=O) groups excluding carboxylic acids is 1. The summed E-state index contributed by atoms with van der Waals surface area (Å²) in [5, 5.41) is 9.81. The summed E-state index contributed by atoms with van der Waals surface area (Å²) in [5.41, 5.74) is 0.738. The second-order valence-corrected chi connectivity index (χ2v) is 7.11. The molecule has 0 spiro atoms. The number of halogens is 2. The number of carbonyl (C=O) groups is 2. The first-order chi connectivity index (χ1) is 11.0. The van der Waals surface area contributed by atoms with Gasteiger partial charge in [-0.25, -0.2) is 9.86 Å². The van der Waals surface area contributed by atoms with Gasteiger partial charge in [-0.1, -0.05) is 30.3 Å². The van der Waals surface area contributed by atoms with Crippen LogP contribution < -0.4 is 0 Å². The Morgan fingerprint density at radius 2 is 1.91 bits per heavy atom. The topological polar surface area (TPSA) is 102 Å². The molecule has 1 atom stereocenters. The summed E-state index contributed by atoms with van der Waals surface area (Å²) in [7, 11) is -3.83. The number of rotatable bonds is 11. The van der Waals surface area contributed by atoms with E-state index < -0.39 is 25.8 Å². The molecule has 0 aliphatic heterocycles. The van der Waals surface area contributed by atoms with E-state index in [2.05, 4.69) is 8.15 Å². The number of hydrogen-bond acceptors (Lipinski definition) is 6. The monoisotopic (exact) mass is 385 g/mol. The lowest BCUT2D eigenvalue weighted by molar-refractivity contribution is -0.200. The van der Waals surface area contributed by atoms with Crippen molar-refractivity contribution in [3.63, 3.8) is 0 Å². The second kappa shape index (κ2) is 9.87. The third-order valence-corrected chi connectivity index (χ3v) is 5.29. The van der Waals surface area contributed by atoms with Crippen LogP contribution in [0, 0.1) is 0 Å². The first-order valence-corrected chi connectivity index (χ1v) is 8.63. The molecule has 0 aliphatic rings. The zero-order valence-electron chi connectivity index (χ0n) is 11.7. The number of benzene rings is 1. The normalized spacial score (nSPS) is 12.6. The van der Waals surface area contributed by atoms with E-state index in [0.29, 0.717) is 5.06 Å². The molecule has 0 fully saturated rings. The molecule has 11 heteroatoms. The van der Waals surface area contributed by atoms with Gasteiger partial charge in [0.1, 0.15) is 6.61 Å². The molecule has 0 aliphatic carbocycles. The van der Waals surface area contributed by atoms with Gasteiger partial charge in [0.15, 0.2) is 6.04 Å². The molecule has 8 nitrogen and oxygen atoms in total. The van der Waals surface area contributed by atoms with Gasteiger partial charge in [0.05, 0.1) is 29.9 Å². The molecular formula is C12H14Cl2NO7P. The van der Waals surface area contributed by atoms with Crippen LogP contribution >= 0.6 is 31.3 Å². The molecule has 1 unspecified atom stereocenters. The number of nitrogens with zero attached hydrogens (tertiary/aromatic N) is 1. The number of carboxylic acids is 1. The summed E-state index contributed by atoms with van der Waals surface area (Å²) in [6.45, 7) is -0.0148. The van der Waals surface area contributed by atoms with Crippen molar-refractivity contribution in [2.45, 2.75) is 19.1 Å². The van der Waals surface area contributed by atoms with Gasteiger partial charge in [-0.2, -0.15) is 8.15 Å². The molecule has 1 rings (SSSR count). The predicted octanol–water partition coefficient (Wildman–Crippen LogP) is 2.95. The van der Waals surface area contributed by atoms with E-state index in [9.17, 15) is 19.3 Å². The average molecular weight is 386 g/mol. The third-order valence-electron chi connectivity index (χ3n) is 2.81. The fraction of sp³-hybridized carbons (Fsp3) is 0.333. The van der Waals surface area contributed by atoms with Gasteiger partial charge in [0.25, 0.3) is 0 Å². The van der Waals surface area contributed by atoms with Gasteiger partial charge in [-0.3, -0.25) is 14.2 Å². The van der Waals surface area contributed by atoms with Crippen LogP contribution in [0.1, 0.15) is 12.0 Å². The van der Waals surface area contributed by atoms with Crippen LogP contribution in [0.2, 0.25) is 0 Å². The smallest absolute Gasteiger partial charge is 0.363 e. The Bertz CT molecular complexity index is 552. The molecule has 0 radical (unpaired) electrons. The Labute approximate surface area is 142 Å². The summed E-state index contributed by atoms with van der Waals surface area (Å²) in [6.07, 6.45) is -0.509. The van der Waals surface area contributed by atoms with E-state index in [1.54, 1.807) is 30.3 Å². The van der Waals surface area contributed by atoms with Crippen molar-refractivity contribution in [3.05, 3.63) is 35.9 Å². The highest BCUT2D eigenvalue weighted by atomic mass is 35.5. The zero-order valence-corrected chi connectivity index (χ0v) is 14.1. The molecule has 23 heavy (non-hydrogen) atoms. The number of aliphatic carboxylic acids is 1. The van der Waals surface area contributed by atoms with Gasteiger partial charge in [-0.05, 0) is 12.0 Å². The van der Waals surface area contributed by atoms with Crippen molar-refractivity contribution in [2.24, 2.45) is 0 Å². The van der Waals surface area contributed by atoms with Crippen molar-refractivity contribution in [2.75, 3.05) is 6.16 Å². The average Bonchev–Trinajstić information content (AvgIpc) is 2.58. The second-order valence-electron chi connectivity index (χ2n) is 4.34. The fourth-order valence-electron chi connectivity index (χ4n) is 1.64. The third kappa shape index (κ3) is 6.47. The maximum absolute atomic E-state index is 11.7. The van der Waals surface area contributed by atoms with Crippen LogP contribution in [-0.4, -0.2) is 34.8 Å². The lowest BCUT2D eigenvalue weighted by Gasteiger charge is -2.24. The van der Waals surface area contributed by atoms with Gasteiger partial charge in [0, 0.05) is 0 Å². The Hall–Kier alpha value is -1.15. The predicted molar refractivity (Wildman–Crippen MR) is 81.5 cm³/mol. The standard InChI is InChI=1S/C12H14Cl2NO7P/c13-21-23(19,22-14)7-6-11(12(17)18)15(9-16)20-8-10-4-2-1-3-5-10/h1-5,9,11H,6-8H2,(H,17,18). The molecule has 1 aromatic carbocycles. The summed E-state index contributed by atoms with van der Waals surface area (Å²) < 4.78 is 19.9. The van der Waals surface area contributed by atoms with Crippen LogP contribution in [-0.2, 0) is 33.8 Å². The number of amides is 1. The van der Waals surface area contributed by atoms with Gasteiger partial charge < -0.3 is 5.11 Å². The molecule has 0 saturated carbocycles. The molecule has 128 valence electrons. The molecule has 1 N–H and O–H groups in total. The number of hydrogen-bond donors (Lipinski definition) is 1. The van der Waals surface area contributed by atoms with Crippen molar-refractivity contribution in [3.8, 4) is 0 Å². The Balaban J connectivity index is 2.70. The highest BCUT2D eigenvalue weighted by molar-refractivity contribution is 7.55. The molecule has 0 saturated heterocycles. The van der Waals surface area contributed by atoms with Crippen LogP contribution in [0.3, 0.4) is 0 Å². The van der Waals surface area contributed by atoms with Crippen molar-refractivity contribution < 1.29 is 32.3 Å². The maximum Gasteiger partial charge on any atom is 0.363 e.